The second-order valence-electron chi connectivity index (χ2n) is 2.46. The van der Waals surface area contributed by atoms with Crippen molar-refractivity contribution < 1.29 is 17.8 Å². The van der Waals surface area contributed by atoms with Crippen LogP contribution in [0.2, 0.25) is 0 Å². The molecular weight excluding hydrogens is 194 g/mol. The van der Waals surface area contributed by atoms with E-state index in [1.807, 2.05) is 0 Å². The van der Waals surface area contributed by atoms with E-state index in [-0.39, 0.29) is 11.4 Å². The highest BCUT2D eigenvalue weighted by Crippen LogP contribution is 2.10. The van der Waals surface area contributed by atoms with Crippen LogP contribution in [0.4, 0.5) is 0 Å². The van der Waals surface area contributed by atoms with Gasteiger partial charge in [-0.25, -0.2) is 0 Å². The summed E-state index contributed by atoms with van der Waals surface area (Å²) in [5, 5.41) is -1.34. The standard InChI is InChI=1S/C6H7N3O3S/c7-4-1-2-6(13(10,11)12)5(3-4)9-8/h1-3,6H,7H2,(H,10,11,12). The molecule has 0 saturated carbocycles. The van der Waals surface area contributed by atoms with Crippen molar-refractivity contribution in [3.63, 3.8) is 0 Å². The molecular formula is C6H7N3O3S. The molecule has 0 aromatic carbocycles. The van der Waals surface area contributed by atoms with Gasteiger partial charge in [0, 0.05) is 11.8 Å². The van der Waals surface area contributed by atoms with Gasteiger partial charge >= 0.3 is 5.71 Å². The minimum absolute atomic E-state index is 0.206. The molecule has 13 heavy (non-hydrogen) atoms. The molecule has 0 radical (unpaired) electrons. The predicted molar refractivity (Wildman–Crippen MR) is 45.4 cm³/mol. The zero-order valence-corrected chi connectivity index (χ0v) is 7.27. The summed E-state index contributed by atoms with van der Waals surface area (Å²) in [5.74, 6) is 0. The monoisotopic (exact) mass is 201 g/mol. The molecule has 0 bridgehead atoms. The van der Waals surface area contributed by atoms with Crippen LogP contribution in [0.25, 0.3) is 5.53 Å². The molecule has 1 unspecified atom stereocenters. The quantitative estimate of drug-likeness (QED) is 0.332. The molecule has 1 atom stereocenters. The van der Waals surface area contributed by atoms with E-state index >= 15 is 0 Å². The van der Waals surface area contributed by atoms with Crippen LogP contribution >= 0.6 is 0 Å². The van der Waals surface area contributed by atoms with Gasteiger partial charge in [0.15, 0.2) is 0 Å². The maximum atomic E-state index is 10.7. The number of allylic oxidation sites excluding steroid dienone is 2. The van der Waals surface area contributed by atoms with Gasteiger partial charge in [-0.1, -0.05) is 6.08 Å². The largest absolute Gasteiger partial charge is 0.399 e. The van der Waals surface area contributed by atoms with E-state index in [1.54, 1.807) is 0 Å². The molecule has 0 aliphatic heterocycles. The molecule has 6 nitrogen and oxygen atoms in total. The lowest BCUT2D eigenvalue weighted by Crippen LogP contribution is -2.30. The van der Waals surface area contributed by atoms with Crippen LogP contribution in [0, 0.1) is 0 Å². The van der Waals surface area contributed by atoms with Crippen molar-refractivity contribution >= 4 is 15.8 Å². The normalized spacial score (nSPS) is 22.4. The Kier molecular flexibility index (Phi) is 2.33. The smallest absolute Gasteiger partial charge is 0.318 e. The summed E-state index contributed by atoms with van der Waals surface area (Å²) in [7, 11) is -4.29. The maximum absolute atomic E-state index is 10.7. The average molecular weight is 201 g/mol. The molecule has 0 heterocycles. The summed E-state index contributed by atoms with van der Waals surface area (Å²) in [6, 6.07) is 0. The second-order valence-corrected chi connectivity index (χ2v) is 4.00. The number of hydrogen-bond donors (Lipinski definition) is 2. The average Bonchev–Trinajstić information content (AvgIpc) is 2.01. The van der Waals surface area contributed by atoms with Crippen LogP contribution in [0.5, 0.6) is 0 Å². The van der Waals surface area contributed by atoms with Gasteiger partial charge in [0.2, 0.25) is 5.25 Å². The third-order valence-electron chi connectivity index (χ3n) is 1.51. The Hall–Kier alpha value is -1.43. The fourth-order valence-electron chi connectivity index (χ4n) is 0.936. The molecule has 0 fully saturated rings. The van der Waals surface area contributed by atoms with Crippen LogP contribution in [0.1, 0.15) is 0 Å². The predicted octanol–water partition coefficient (Wildman–Crippen LogP) is -0.674. The third-order valence-corrected chi connectivity index (χ3v) is 2.55. The first kappa shape index (κ1) is 9.66. The zero-order chi connectivity index (χ0) is 10.1. The summed E-state index contributed by atoms with van der Waals surface area (Å²) in [6.07, 6.45) is 3.62. The van der Waals surface area contributed by atoms with Crippen LogP contribution in [-0.4, -0.2) is 28.7 Å². The number of rotatable bonds is 1. The molecule has 0 spiro atoms. The Morgan fingerprint density at radius 1 is 1.62 bits per heavy atom. The van der Waals surface area contributed by atoms with Crippen molar-refractivity contribution in [1.29, 1.82) is 0 Å². The molecule has 1 aliphatic rings. The number of hydrogen-bond acceptors (Lipinski definition) is 3. The fourth-order valence-corrected chi connectivity index (χ4v) is 1.63. The lowest BCUT2D eigenvalue weighted by atomic mass is 10.1. The maximum Gasteiger partial charge on any atom is 0.318 e. The van der Waals surface area contributed by atoms with Gasteiger partial charge < -0.3 is 11.3 Å². The summed E-state index contributed by atoms with van der Waals surface area (Å²) >= 11 is 0. The Labute approximate surface area is 74.7 Å². The van der Waals surface area contributed by atoms with Gasteiger partial charge in [-0.2, -0.15) is 13.2 Å². The first-order valence-electron chi connectivity index (χ1n) is 3.29. The lowest BCUT2D eigenvalue weighted by molar-refractivity contribution is -0.00527. The van der Waals surface area contributed by atoms with E-state index in [0.717, 1.165) is 6.08 Å². The first-order chi connectivity index (χ1) is 5.95. The third kappa shape index (κ3) is 2.03. The van der Waals surface area contributed by atoms with Gasteiger partial charge in [0.25, 0.3) is 10.1 Å². The van der Waals surface area contributed by atoms with E-state index in [9.17, 15) is 8.42 Å². The van der Waals surface area contributed by atoms with Crippen LogP contribution in [-0.2, 0) is 10.1 Å². The van der Waals surface area contributed by atoms with Crippen LogP contribution < -0.4 is 5.73 Å². The molecule has 0 amide bonds. The molecule has 0 aromatic rings. The van der Waals surface area contributed by atoms with Gasteiger partial charge in [-0.3, -0.25) is 4.55 Å². The number of nitrogens with two attached hydrogens (primary N) is 1. The fraction of sp³-hybridized carbons (Fsp3) is 0.167. The van der Waals surface area contributed by atoms with E-state index in [4.69, 9.17) is 15.8 Å². The Bertz CT molecular complexity index is 428. The number of nitrogens with zero attached hydrogens (tertiary/aromatic N) is 2. The second kappa shape index (κ2) is 3.14. The van der Waals surface area contributed by atoms with Crippen LogP contribution in [0.3, 0.4) is 0 Å². The van der Waals surface area contributed by atoms with Crippen molar-refractivity contribution in [2.75, 3.05) is 0 Å². The molecule has 0 saturated heterocycles. The van der Waals surface area contributed by atoms with Crippen molar-refractivity contribution in [2.24, 2.45) is 5.73 Å². The summed E-state index contributed by atoms with van der Waals surface area (Å²) in [6.45, 7) is 0. The van der Waals surface area contributed by atoms with Gasteiger partial charge in [0.05, 0.1) is 0 Å². The SMILES string of the molecule is [N-]=[N+]=C1C=C(N)C=CC1S(=O)(=O)O. The minimum Gasteiger partial charge on any atom is -0.399 e. The minimum atomic E-state index is -4.29. The highest BCUT2D eigenvalue weighted by atomic mass is 32.2. The van der Waals surface area contributed by atoms with E-state index < -0.39 is 15.4 Å². The van der Waals surface area contributed by atoms with Crippen molar-refractivity contribution in [3.05, 3.63) is 29.5 Å². The summed E-state index contributed by atoms with van der Waals surface area (Å²) in [4.78, 5) is 2.72. The van der Waals surface area contributed by atoms with E-state index in [0.29, 0.717) is 0 Å². The molecule has 7 heteroatoms. The molecule has 0 aromatic heterocycles. The van der Waals surface area contributed by atoms with E-state index in [1.165, 1.54) is 12.2 Å². The highest BCUT2D eigenvalue weighted by Gasteiger charge is 2.33. The lowest BCUT2D eigenvalue weighted by Gasteiger charge is -2.06. The van der Waals surface area contributed by atoms with Gasteiger partial charge in [-0.15, -0.1) is 0 Å². The first-order valence-corrected chi connectivity index (χ1v) is 4.79. The molecule has 1 aliphatic carbocycles. The van der Waals surface area contributed by atoms with Crippen molar-refractivity contribution in [3.8, 4) is 0 Å². The van der Waals surface area contributed by atoms with Gasteiger partial charge in [-0.05, 0) is 6.08 Å². The molecule has 1 rings (SSSR count). The Morgan fingerprint density at radius 2 is 2.23 bits per heavy atom. The zero-order valence-electron chi connectivity index (χ0n) is 6.45. The molecule has 70 valence electrons. The summed E-state index contributed by atoms with van der Waals surface area (Å²) in [5.41, 5.74) is 13.8. The highest BCUT2D eigenvalue weighted by molar-refractivity contribution is 7.87. The van der Waals surface area contributed by atoms with Crippen LogP contribution in [0.15, 0.2) is 23.9 Å². The summed E-state index contributed by atoms with van der Waals surface area (Å²) < 4.78 is 30.1. The van der Waals surface area contributed by atoms with Crippen molar-refractivity contribution in [2.45, 2.75) is 5.25 Å². The van der Waals surface area contributed by atoms with Gasteiger partial charge in [0.1, 0.15) is 0 Å². The Morgan fingerprint density at radius 3 is 2.69 bits per heavy atom. The Balaban J connectivity index is 3.20. The van der Waals surface area contributed by atoms with Crippen molar-refractivity contribution in [1.82, 2.24) is 0 Å². The topological polar surface area (TPSA) is 117 Å². The molecule has 3 N–H and O–H groups in total. The van der Waals surface area contributed by atoms with E-state index in [2.05, 4.69) is 4.79 Å².